The van der Waals surface area contributed by atoms with Gasteiger partial charge in [0.2, 0.25) is 0 Å². The molecule has 0 aromatic heterocycles. The Hall–Kier alpha value is -2.69. The topological polar surface area (TPSA) is 67.5 Å². The molecular formula is C16H17N3O2. The number of aryl methyl sites for hydroxylation is 1. The molecule has 0 unspecified atom stereocenters. The molecule has 0 spiro atoms. The molecule has 0 saturated carbocycles. The van der Waals surface area contributed by atoms with Crippen LogP contribution in [-0.4, -0.2) is 10.6 Å². The molecule has 2 aromatic carbocycles. The van der Waals surface area contributed by atoms with E-state index in [4.69, 9.17) is 0 Å². The molecular weight excluding hydrogens is 266 g/mol. The minimum atomic E-state index is -0.425. The first-order valence-corrected chi connectivity index (χ1v) is 6.74. The highest BCUT2D eigenvalue weighted by molar-refractivity contribution is 5.99. The summed E-state index contributed by atoms with van der Waals surface area (Å²) in [5, 5.41) is 15.0. The molecule has 1 N–H and O–H groups in total. The van der Waals surface area contributed by atoms with E-state index in [2.05, 4.69) is 29.6 Å². The minimum absolute atomic E-state index is 0.0418. The van der Waals surface area contributed by atoms with E-state index >= 15 is 0 Å². The largest absolute Gasteiger partial charge is 0.278 e. The Bertz CT molecular complexity index is 663. The predicted molar refractivity (Wildman–Crippen MR) is 84.8 cm³/mol. The highest BCUT2D eigenvalue weighted by atomic mass is 16.6. The monoisotopic (exact) mass is 283 g/mol. The van der Waals surface area contributed by atoms with Crippen molar-refractivity contribution in [3.8, 4) is 0 Å². The first kappa shape index (κ1) is 14.7. The van der Waals surface area contributed by atoms with E-state index in [0.717, 1.165) is 17.7 Å². The third kappa shape index (κ3) is 3.89. The van der Waals surface area contributed by atoms with E-state index in [-0.39, 0.29) is 5.69 Å². The number of nitro benzene ring substituents is 1. The van der Waals surface area contributed by atoms with Gasteiger partial charge < -0.3 is 0 Å². The third-order valence-electron chi connectivity index (χ3n) is 3.19. The van der Waals surface area contributed by atoms with Gasteiger partial charge in [-0.05, 0) is 30.5 Å². The number of anilines is 1. The van der Waals surface area contributed by atoms with Gasteiger partial charge >= 0.3 is 0 Å². The van der Waals surface area contributed by atoms with Crippen LogP contribution in [0.5, 0.6) is 0 Å². The molecule has 0 amide bonds. The molecule has 0 fully saturated rings. The van der Waals surface area contributed by atoms with Crippen molar-refractivity contribution >= 4 is 17.1 Å². The van der Waals surface area contributed by atoms with Crippen LogP contribution in [0.1, 0.15) is 25.0 Å². The number of hydrogen-bond acceptors (Lipinski definition) is 4. The molecule has 0 saturated heterocycles. The van der Waals surface area contributed by atoms with E-state index in [0.29, 0.717) is 5.69 Å². The van der Waals surface area contributed by atoms with Crippen molar-refractivity contribution in [3.05, 3.63) is 69.8 Å². The lowest BCUT2D eigenvalue weighted by atomic mass is 10.1. The van der Waals surface area contributed by atoms with Crippen LogP contribution >= 0.6 is 0 Å². The van der Waals surface area contributed by atoms with Gasteiger partial charge in [-0.2, -0.15) is 5.10 Å². The maximum absolute atomic E-state index is 10.7. The smallest absolute Gasteiger partial charge is 0.271 e. The van der Waals surface area contributed by atoms with E-state index in [1.165, 1.54) is 17.7 Å². The van der Waals surface area contributed by atoms with Crippen LogP contribution in [-0.2, 0) is 6.42 Å². The first-order chi connectivity index (χ1) is 10.1. The zero-order valence-corrected chi connectivity index (χ0v) is 12.0. The maximum Gasteiger partial charge on any atom is 0.271 e. The van der Waals surface area contributed by atoms with Crippen LogP contribution < -0.4 is 5.43 Å². The average molecular weight is 283 g/mol. The van der Waals surface area contributed by atoms with Crippen molar-refractivity contribution < 1.29 is 4.92 Å². The normalized spacial score (nSPS) is 11.2. The summed E-state index contributed by atoms with van der Waals surface area (Å²) in [4.78, 5) is 10.3. The van der Waals surface area contributed by atoms with Gasteiger partial charge in [-0.25, -0.2) is 0 Å². The average Bonchev–Trinajstić information content (AvgIpc) is 2.53. The summed E-state index contributed by atoms with van der Waals surface area (Å²) in [6.45, 7) is 4.01. The van der Waals surface area contributed by atoms with Crippen LogP contribution in [0.4, 0.5) is 11.4 Å². The molecule has 0 aliphatic heterocycles. The number of rotatable bonds is 5. The highest BCUT2D eigenvalue weighted by Gasteiger charge is 2.05. The molecule has 2 aromatic rings. The molecule has 108 valence electrons. The molecule has 0 bridgehead atoms. The lowest BCUT2D eigenvalue weighted by Gasteiger charge is -2.04. The minimum Gasteiger partial charge on any atom is -0.278 e. The Balaban J connectivity index is 2.12. The summed E-state index contributed by atoms with van der Waals surface area (Å²) < 4.78 is 0. The van der Waals surface area contributed by atoms with Gasteiger partial charge in [-0.3, -0.25) is 15.5 Å². The van der Waals surface area contributed by atoms with E-state index in [9.17, 15) is 10.1 Å². The number of non-ortho nitro benzene ring substituents is 1. The summed E-state index contributed by atoms with van der Waals surface area (Å²) in [6.07, 6.45) is 1.00. The van der Waals surface area contributed by atoms with Gasteiger partial charge in [0.15, 0.2) is 0 Å². The number of hydrazone groups is 1. The second-order valence-corrected chi connectivity index (χ2v) is 4.67. The fourth-order valence-corrected chi connectivity index (χ4v) is 1.88. The van der Waals surface area contributed by atoms with E-state index < -0.39 is 4.92 Å². The Kier molecular flexibility index (Phi) is 4.66. The lowest BCUT2D eigenvalue weighted by molar-refractivity contribution is -0.384. The lowest BCUT2D eigenvalue weighted by Crippen LogP contribution is -2.00. The molecule has 0 radical (unpaired) electrons. The Labute approximate surface area is 123 Å². The van der Waals surface area contributed by atoms with Crippen LogP contribution in [0, 0.1) is 10.1 Å². The number of nitrogens with zero attached hydrogens (tertiary/aromatic N) is 2. The van der Waals surface area contributed by atoms with Gasteiger partial charge in [-0.1, -0.05) is 37.3 Å². The fraction of sp³-hybridized carbons (Fsp3) is 0.188. The second kappa shape index (κ2) is 6.65. The third-order valence-corrected chi connectivity index (χ3v) is 3.19. The van der Waals surface area contributed by atoms with Crippen LogP contribution in [0.3, 0.4) is 0 Å². The van der Waals surface area contributed by atoms with Gasteiger partial charge in [0.25, 0.3) is 5.69 Å². The van der Waals surface area contributed by atoms with Gasteiger partial charge in [0.05, 0.1) is 16.3 Å². The second-order valence-electron chi connectivity index (χ2n) is 4.67. The predicted octanol–water partition coefficient (Wildman–Crippen LogP) is 3.99. The molecule has 2 rings (SSSR count). The SMILES string of the molecule is CCc1ccc(/C(C)=N\Nc2cccc([N+](=O)[O-])c2)cc1. The Morgan fingerprint density at radius 3 is 2.57 bits per heavy atom. The van der Waals surface area contributed by atoms with Crippen LogP contribution in [0.15, 0.2) is 53.6 Å². The molecule has 5 heteroatoms. The maximum atomic E-state index is 10.7. The van der Waals surface area contributed by atoms with E-state index in [1.54, 1.807) is 12.1 Å². The molecule has 5 nitrogen and oxygen atoms in total. The number of benzene rings is 2. The summed E-state index contributed by atoms with van der Waals surface area (Å²) in [6, 6.07) is 14.5. The van der Waals surface area contributed by atoms with Crippen molar-refractivity contribution in [1.29, 1.82) is 0 Å². The van der Waals surface area contributed by atoms with Crippen molar-refractivity contribution in [2.45, 2.75) is 20.3 Å². The number of nitrogens with one attached hydrogen (secondary N) is 1. The summed E-state index contributed by atoms with van der Waals surface area (Å²) in [7, 11) is 0. The van der Waals surface area contributed by atoms with Gasteiger partial charge in [0, 0.05) is 12.1 Å². The van der Waals surface area contributed by atoms with Crippen LogP contribution in [0.25, 0.3) is 0 Å². The number of nitro groups is 1. The van der Waals surface area contributed by atoms with Crippen molar-refractivity contribution in [2.75, 3.05) is 5.43 Å². The Morgan fingerprint density at radius 1 is 1.24 bits per heavy atom. The van der Waals surface area contributed by atoms with E-state index in [1.807, 2.05) is 19.1 Å². The zero-order valence-electron chi connectivity index (χ0n) is 12.0. The van der Waals surface area contributed by atoms with Crippen molar-refractivity contribution in [1.82, 2.24) is 0 Å². The number of hydrogen-bond donors (Lipinski definition) is 1. The quantitative estimate of drug-likeness (QED) is 0.512. The summed E-state index contributed by atoms with van der Waals surface area (Å²) >= 11 is 0. The van der Waals surface area contributed by atoms with Gasteiger partial charge in [0.1, 0.15) is 0 Å². The fourth-order valence-electron chi connectivity index (χ4n) is 1.88. The Morgan fingerprint density at radius 2 is 1.95 bits per heavy atom. The molecule has 0 heterocycles. The molecule has 0 aliphatic carbocycles. The standard InChI is InChI=1S/C16H17N3O2/c1-3-13-7-9-14(10-8-13)12(2)17-18-15-5-4-6-16(11-15)19(20)21/h4-11,18H,3H2,1-2H3/b17-12-. The van der Waals surface area contributed by atoms with Crippen molar-refractivity contribution in [2.24, 2.45) is 5.10 Å². The summed E-state index contributed by atoms with van der Waals surface area (Å²) in [5.41, 5.74) is 6.60. The molecule has 21 heavy (non-hydrogen) atoms. The summed E-state index contributed by atoms with van der Waals surface area (Å²) in [5.74, 6) is 0. The van der Waals surface area contributed by atoms with Crippen molar-refractivity contribution in [3.63, 3.8) is 0 Å². The molecule has 0 aliphatic rings. The highest BCUT2D eigenvalue weighted by Crippen LogP contribution is 2.17. The zero-order chi connectivity index (χ0) is 15.2. The van der Waals surface area contributed by atoms with Gasteiger partial charge in [-0.15, -0.1) is 0 Å². The molecule has 0 atom stereocenters. The van der Waals surface area contributed by atoms with Crippen LogP contribution in [0.2, 0.25) is 0 Å². The first-order valence-electron chi connectivity index (χ1n) is 6.74.